The summed E-state index contributed by atoms with van der Waals surface area (Å²) >= 11 is 0. The predicted molar refractivity (Wildman–Crippen MR) is 80.3 cm³/mol. The van der Waals surface area contributed by atoms with E-state index in [1.165, 1.54) is 44.9 Å². The maximum atomic E-state index is 9.34. The van der Waals surface area contributed by atoms with Crippen LogP contribution in [0.4, 0.5) is 0 Å². The molecule has 19 heavy (non-hydrogen) atoms. The third-order valence-electron chi connectivity index (χ3n) is 5.06. The first-order valence-electron chi connectivity index (χ1n) is 8.25. The van der Waals surface area contributed by atoms with Crippen molar-refractivity contribution in [1.29, 1.82) is 0 Å². The number of hydrogen-bond donors (Lipinski definition) is 2. The Morgan fingerprint density at radius 1 is 1.21 bits per heavy atom. The minimum absolute atomic E-state index is 0.298. The van der Waals surface area contributed by atoms with Crippen LogP contribution >= 0.6 is 0 Å². The molecule has 2 aliphatic carbocycles. The highest BCUT2D eigenvalue weighted by molar-refractivity contribution is 4.88. The molecule has 112 valence electrons. The van der Waals surface area contributed by atoms with Crippen LogP contribution in [0, 0.1) is 5.41 Å². The second-order valence-corrected chi connectivity index (χ2v) is 6.95. The molecule has 0 radical (unpaired) electrons. The smallest absolute Gasteiger partial charge is 0.0558 e. The Bertz CT molecular complexity index is 261. The van der Waals surface area contributed by atoms with Crippen LogP contribution in [-0.4, -0.2) is 48.3 Å². The van der Waals surface area contributed by atoms with Gasteiger partial charge in [0.2, 0.25) is 0 Å². The van der Waals surface area contributed by atoms with Crippen molar-refractivity contribution in [2.24, 2.45) is 5.41 Å². The first-order chi connectivity index (χ1) is 9.17. The molecule has 3 heteroatoms. The van der Waals surface area contributed by atoms with Crippen LogP contribution in [0.5, 0.6) is 0 Å². The van der Waals surface area contributed by atoms with Gasteiger partial charge in [-0.25, -0.2) is 0 Å². The monoisotopic (exact) mass is 268 g/mol. The molecule has 0 aromatic rings. The summed E-state index contributed by atoms with van der Waals surface area (Å²) in [6.45, 7) is 8.12. The quantitative estimate of drug-likeness (QED) is 0.674. The fourth-order valence-corrected chi connectivity index (χ4v) is 3.25. The van der Waals surface area contributed by atoms with Gasteiger partial charge >= 0.3 is 0 Å². The van der Waals surface area contributed by atoms with Crippen molar-refractivity contribution in [1.82, 2.24) is 10.2 Å². The van der Waals surface area contributed by atoms with Gasteiger partial charge in [-0.1, -0.05) is 26.7 Å². The Balaban J connectivity index is 1.87. The van der Waals surface area contributed by atoms with Crippen molar-refractivity contribution in [2.75, 3.05) is 26.2 Å². The van der Waals surface area contributed by atoms with E-state index in [9.17, 15) is 5.11 Å². The lowest BCUT2D eigenvalue weighted by atomic mass is 9.86. The van der Waals surface area contributed by atoms with Crippen LogP contribution in [0.1, 0.15) is 58.8 Å². The highest BCUT2D eigenvalue weighted by Crippen LogP contribution is 2.29. The molecule has 0 aromatic carbocycles. The summed E-state index contributed by atoms with van der Waals surface area (Å²) in [7, 11) is 0. The fourth-order valence-electron chi connectivity index (χ4n) is 3.25. The van der Waals surface area contributed by atoms with Gasteiger partial charge in [-0.15, -0.1) is 0 Å². The minimum atomic E-state index is 0.298. The maximum Gasteiger partial charge on any atom is 0.0558 e. The Kier molecular flexibility index (Phi) is 5.67. The van der Waals surface area contributed by atoms with E-state index in [0.717, 1.165) is 31.7 Å². The summed E-state index contributed by atoms with van der Waals surface area (Å²) in [5.41, 5.74) is 0.348. The number of nitrogens with one attached hydrogen (secondary N) is 1. The average molecular weight is 268 g/mol. The standard InChI is InChI=1S/C16H32N2O/c1-3-16(2,12-17-14-8-9-14)13-18(10-11-19)15-6-4-5-7-15/h14-15,17,19H,3-13H2,1-2H3. The van der Waals surface area contributed by atoms with Crippen molar-refractivity contribution in [3.8, 4) is 0 Å². The Morgan fingerprint density at radius 2 is 1.89 bits per heavy atom. The van der Waals surface area contributed by atoms with Gasteiger partial charge in [-0.3, -0.25) is 4.90 Å². The molecule has 1 unspecified atom stereocenters. The molecule has 2 saturated carbocycles. The van der Waals surface area contributed by atoms with Gasteiger partial charge < -0.3 is 10.4 Å². The van der Waals surface area contributed by atoms with E-state index in [1.807, 2.05) is 0 Å². The summed E-state index contributed by atoms with van der Waals surface area (Å²) in [6, 6.07) is 1.52. The normalized spacial score (nSPS) is 24.0. The second kappa shape index (κ2) is 7.05. The molecule has 1 atom stereocenters. The molecular formula is C16H32N2O. The number of hydrogen-bond acceptors (Lipinski definition) is 3. The summed E-state index contributed by atoms with van der Waals surface area (Å²) in [5.74, 6) is 0. The fraction of sp³-hybridized carbons (Fsp3) is 1.00. The van der Waals surface area contributed by atoms with Gasteiger partial charge in [0.1, 0.15) is 0 Å². The van der Waals surface area contributed by atoms with Gasteiger partial charge in [0, 0.05) is 31.7 Å². The van der Waals surface area contributed by atoms with Gasteiger partial charge in [0.05, 0.1) is 6.61 Å². The van der Waals surface area contributed by atoms with Gasteiger partial charge in [0.25, 0.3) is 0 Å². The first-order valence-corrected chi connectivity index (χ1v) is 8.25. The van der Waals surface area contributed by atoms with Gasteiger partial charge in [-0.05, 0) is 37.5 Å². The van der Waals surface area contributed by atoms with Crippen LogP contribution in [0.3, 0.4) is 0 Å². The Labute approximate surface area is 118 Å². The zero-order valence-corrected chi connectivity index (χ0v) is 12.8. The molecule has 0 heterocycles. The summed E-state index contributed by atoms with van der Waals surface area (Å²) in [5, 5.41) is 13.0. The molecule has 2 rings (SSSR count). The Hall–Kier alpha value is -0.120. The topological polar surface area (TPSA) is 35.5 Å². The van der Waals surface area contributed by atoms with Crippen molar-refractivity contribution in [2.45, 2.75) is 70.9 Å². The van der Waals surface area contributed by atoms with Gasteiger partial charge in [-0.2, -0.15) is 0 Å². The molecule has 2 N–H and O–H groups in total. The molecule has 0 amide bonds. The molecule has 0 aromatic heterocycles. The highest BCUT2D eigenvalue weighted by Gasteiger charge is 2.32. The molecule has 0 saturated heterocycles. The lowest BCUT2D eigenvalue weighted by molar-refractivity contribution is 0.0928. The molecule has 0 aliphatic heterocycles. The van der Waals surface area contributed by atoms with E-state index in [0.29, 0.717) is 12.0 Å². The third kappa shape index (κ3) is 4.73. The molecular weight excluding hydrogens is 236 g/mol. The molecule has 0 spiro atoms. The van der Waals surface area contributed by atoms with Crippen molar-refractivity contribution < 1.29 is 5.11 Å². The van der Waals surface area contributed by atoms with Crippen LogP contribution in [0.15, 0.2) is 0 Å². The predicted octanol–water partition coefficient (Wildman–Crippen LogP) is 2.39. The molecule has 2 fully saturated rings. The summed E-state index contributed by atoms with van der Waals surface area (Å²) < 4.78 is 0. The number of nitrogens with zero attached hydrogens (tertiary/aromatic N) is 1. The van der Waals surface area contributed by atoms with Crippen LogP contribution in [0.25, 0.3) is 0 Å². The first kappa shape index (κ1) is 15.3. The van der Waals surface area contributed by atoms with E-state index >= 15 is 0 Å². The number of aliphatic hydroxyl groups excluding tert-OH is 1. The van der Waals surface area contributed by atoms with E-state index in [1.54, 1.807) is 0 Å². The number of aliphatic hydroxyl groups is 1. The third-order valence-corrected chi connectivity index (χ3v) is 5.06. The molecule has 2 aliphatic rings. The maximum absolute atomic E-state index is 9.34. The van der Waals surface area contributed by atoms with E-state index < -0.39 is 0 Å². The van der Waals surface area contributed by atoms with E-state index in [2.05, 4.69) is 24.1 Å². The SMILES string of the molecule is CCC(C)(CNC1CC1)CN(CCO)C1CCCC1. The second-order valence-electron chi connectivity index (χ2n) is 6.95. The highest BCUT2D eigenvalue weighted by atomic mass is 16.3. The van der Waals surface area contributed by atoms with E-state index in [4.69, 9.17) is 0 Å². The molecule has 0 bridgehead atoms. The van der Waals surface area contributed by atoms with Crippen LogP contribution < -0.4 is 5.32 Å². The van der Waals surface area contributed by atoms with E-state index in [-0.39, 0.29) is 0 Å². The van der Waals surface area contributed by atoms with Crippen LogP contribution in [-0.2, 0) is 0 Å². The number of rotatable bonds is 9. The van der Waals surface area contributed by atoms with Gasteiger partial charge in [0.15, 0.2) is 0 Å². The summed E-state index contributed by atoms with van der Waals surface area (Å²) in [4.78, 5) is 2.56. The zero-order chi connectivity index (χ0) is 13.7. The van der Waals surface area contributed by atoms with Crippen molar-refractivity contribution >= 4 is 0 Å². The lowest BCUT2D eigenvalue weighted by Crippen LogP contribution is -2.46. The molecule has 3 nitrogen and oxygen atoms in total. The zero-order valence-electron chi connectivity index (χ0n) is 12.8. The largest absolute Gasteiger partial charge is 0.395 e. The summed E-state index contributed by atoms with van der Waals surface area (Å²) in [6.07, 6.45) is 9.34. The van der Waals surface area contributed by atoms with Crippen molar-refractivity contribution in [3.63, 3.8) is 0 Å². The minimum Gasteiger partial charge on any atom is -0.395 e. The average Bonchev–Trinajstić information content (AvgIpc) is 3.08. The van der Waals surface area contributed by atoms with Crippen LogP contribution in [0.2, 0.25) is 0 Å². The van der Waals surface area contributed by atoms with Crippen molar-refractivity contribution in [3.05, 3.63) is 0 Å². The Morgan fingerprint density at radius 3 is 2.42 bits per heavy atom. The lowest BCUT2D eigenvalue weighted by Gasteiger charge is -2.38.